The molecule has 3 atom stereocenters. The second kappa shape index (κ2) is 4.05. The van der Waals surface area contributed by atoms with Crippen LogP contribution < -0.4 is 0 Å². The van der Waals surface area contributed by atoms with E-state index < -0.39 is 0 Å². The summed E-state index contributed by atoms with van der Waals surface area (Å²) < 4.78 is 0. The van der Waals surface area contributed by atoms with Crippen molar-refractivity contribution in [1.29, 1.82) is 0 Å². The van der Waals surface area contributed by atoms with Gasteiger partial charge in [-0.3, -0.25) is 0 Å². The molecule has 0 heterocycles. The molecule has 2 aliphatic rings. The molecule has 0 aromatic heterocycles. The lowest BCUT2D eigenvalue weighted by Crippen LogP contribution is -2.33. The minimum absolute atomic E-state index is 0.752. The van der Waals surface area contributed by atoms with E-state index in [4.69, 9.17) is 0 Å². The van der Waals surface area contributed by atoms with Crippen LogP contribution in [0, 0.1) is 35.5 Å². The standard InChI is InChI=1S/C15H22/c1-10(2)7-13-5-6-14(13)9-15-8-11(3)12(15)4/h10-12,15H,7-9H2,1-4H3. The third-order valence-corrected chi connectivity index (χ3v) is 4.12. The molecule has 2 rings (SSSR count). The van der Waals surface area contributed by atoms with E-state index in [1.165, 1.54) is 30.4 Å². The van der Waals surface area contributed by atoms with Gasteiger partial charge in [0.1, 0.15) is 0 Å². The highest BCUT2D eigenvalue weighted by molar-refractivity contribution is 5.54. The molecule has 0 N–H and O–H groups in total. The van der Waals surface area contributed by atoms with Gasteiger partial charge in [-0.25, -0.2) is 0 Å². The molecule has 0 spiro atoms. The zero-order chi connectivity index (χ0) is 11.0. The van der Waals surface area contributed by atoms with E-state index in [2.05, 4.69) is 39.5 Å². The van der Waals surface area contributed by atoms with Gasteiger partial charge in [0.25, 0.3) is 0 Å². The van der Waals surface area contributed by atoms with Gasteiger partial charge in [-0.2, -0.15) is 0 Å². The van der Waals surface area contributed by atoms with E-state index >= 15 is 0 Å². The Bertz CT molecular complexity index is 335. The van der Waals surface area contributed by atoms with E-state index in [9.17, 15) is 0 Å². The van der Waals surface area contributed by atoms with Crippen LogP contribution in [0.1, 0.15) is 47.0 Å². The van der Waals surface area contributed by atoms with Crippen molar-refractivity contribution in [1.82, 2.24) is 0 Å². The van der Waals surface area contributed by atoms with Crippen LogP contribution in [0.4, 0.5) is 0 Å². The molecule has 82 valence electrons. The normalized spacial score (nSPS) is 33.3. The highest BCUT2D eigenvalue weighted by Crippen LogP contribution is 2.44. The van der Waals surface area contributed by atoms with E-state index in [0.717, 1.165) is 23.7 Å². The van der Waals surface area contributed by atoms with Gasteiger partial charge < -0.3 is 0 Å². The van der Waals surface area contributed by atoms with Crippen LogP contribution in [0.15, 0.2) is 11.1 Å². The molecule has 3 unspecified atom stereocenters. The first kappa shape index (κ1) is 10.8. The highest BCUT2D eigenvalue weighted by Gasteiger charge is 2.35. The molecule has 0 heteroatoms. The first-order valence-corrected chi connectivity index (χ1v) is 6.32. The molecule has 0 amide bonds. The molecule has 2 aliphatic carbocycles. The molecular formula is C15H22. The van der Waals surface area contributed by atoms with E-state index in [1.54, 1.807) is 0 Å². The zero-order valence-corrected chi connectivity index (χ0v) is 10.4. The Labute approximate surface area is 94.1 Å². The monoisotopic (exact) mass is 202 g/mol. The third kappa shape index (κ3) is 2.12. The van der Waals surface area contributed by atoms with Crippen molar-refractivity contribution in [2.45, 2.75) is 47.0 Å². The maximum Gasteiger partial charge on any atom is 0.0142 e. The van der Waals surface area contributed by atoms with E-state index in [0.29, 0.717) is 0 Å². The second-order valence-electron chi connectivity index (χ2n) is 5.84. The lowest BCUT2D eigenvalue weighted by atomic mass is 9.64. The van der Waals surface area contributed by atoms with Gasteiger partial charge in [-0.1, -0.05) is 39.5 Å². The molecule has 0 nitrogen and oxygen atoms in total. The van der Waals surface area contributed by atoms with Gasteiger partial charge in [0, 0.05) is 11.1 Å². The SMILES string of the molecule is CC(C)CC1=C(CC2CC(C)C2C)C#C1. The van der Waals surface area contributed by atoms with Crippen molar-refractivity contribution in [3.8, 4) is 11.8 Å². The van der Waals surface area contributed by atoms with Crippen LogP contribution in [0.25, 0.3) is 0 Å². The molecule has 0 aromatic carbocycles. The Morgan fingerprint density at radius 1 is 1.20 bits per heavy atom. The second-order valence-corrected chi connectivity index (χ2v) is 5.84. The smallest absolute Gasteiger partial charge is 0.0142 e. The summed E-state index contributed by atoms with van der Waals surface area (Å²) in [4.78, 5) is 0. The van der Waals surface area contributed by atoms with Crippen LogP contribution in [0.3, 0.4) is 0 Å². The van der Waals surface area contributed by atoms with Crippen molar-refractivity contribution in [2.75, 3.05) is 0 Å². The average molecular weight is 202 g/mol. The van der Waals surface area contributed by atoms with Crippen LogP contribution in [-0.4, -0.2) is 0 Å². The van der Waals surface area contributed by atoms with Crippen LogP contribution in [0.2, 0.25) is 0 Å². The Balaban J connectivity index is 1.86. The van der Waals surface area contributed by atoms with Gasteiger partial charge in [-0.05, 0) is 42.9 Å². The molecular weight excluding hydrogens is 180 g/mol. The fourth-order valence-electron chi connectivity index (χ4n) is 2.70. The van der Waals surface area contributed by atoms with Crippen molar-refractivity contribution >= 4 is 0 Å². The predicted molar refractivity (Wildman–Crippen MR) is 65.3 cm³/mol. The number of allylic oxidation sites excluding steroid dienone is 2. The first-order valence-electron chi connectivity index (χ1n) is 6.32. The maximum absolute atomic E-state index is 3.27. The highest BCUT2D eigenvalue weighted by atomic mass is 14.4. The minimum atomic E-state index is 0.752. The maximum atomic E-state index is 3.27. The molecule has 0 saturated heterocycles. The van der Waals surface area contributed by atoms with Crippen molar-refractivity contribution in [3.63, 3.8) is 0 Å². The third-order valence-electron chi connectivity index (χ3n) is 4.12. The van der Waals surface area contributed by atoms with Crippen molar-refractivity contribution in [3.05, 3.63) is 11.1 Å². The fraction of sp³-hybridized carbons (Fsp3) is 0.733. The van der Waals surface area contributed by atoms with E-state index in [-0.39, 0.29) is 0 Å². The Hall–Kier alpha value is -0.700. The summed E-state index contributed by atoms with van der Waals surface area (Å²) in [6.45, 7) is 9.32. The molecule has 1 fully saturated rings. The lowest BCUT2D eigenvalue weighted by Gasteiger charge is -2.41. The molecule has 1 saturated carbocycles. The molecule has 15 heavy (non-hydrogen) atoms. The molecule has 0 aliphatic heterocycles. The summed E-state index contributed by atoms with van der Waals surface area (Å²) in [6, 6.07) is 0. The minimum Gasteiger partial charge on any atom is -0.0654 e. The summed E-state index contributed by atoms with van der Waals surface area (Å²) in [5.74, 6) is 10.0. The predicted octanol–water partition coefficient (Wildman–Crippen LogP) is 4.03. The Morgan fingerprint density at radius 3 is 2.27 bits per heavy atom. The van der Waals surface area contributed by atoms with Gasteiger partial charge in [0.15, 0.2) is 0 Å². The molecule has 0 aromatic rings. The summed E-state index contributed by atoms with van der Waals surface area (Å²) in [5.41, 5.74) is 2.93. The summed E-state index contributed by atoms with van der Waals surface area (Å²) >= 11 is 0. The van der Waals surface area contributed by atoms with Gasteiger partial charge in [-0.15, -0.1) is 0 Å². The van der Waals surface area contributed by atoms with Crippen LogP contribution >= 0.6 is 0 Å². The average Bonchev–Trinajstić information content (AvgIpc) is 2.18. The topological polar surface area (TPSA) is 0 Å². The van der Waals surface area contributed by atoms with Gasteiger partial charge >= 0.3 is 0 Å². The molecule has 0 bridgehead atoms. The van der Waals surface area contributed by atoms with Crippen LogP contribution in [-0.2, 0) is 0 Å². The number of rotatable bonds is 4. The Kier molecular flexibility index (Phi) is 2.91. The van der Waals surface area contributed by atoms with Crippen molar-refractivity contribution < 1.29 is 0 Å². The quantitative estimate of drug-likeness (QED) is 0.604. The summed E-state index contributed by atoms with van der Waals surface area (Å²) in [6.07, 6.45) is 3.88. The zero-order valence-electron chi connectivity index (χ0n) is 10.4. The van der Waals surface area contributed by atoms with Gasteiger partial charge in [0.05, 0.1) is 0 Å². The molecule has 0 radical (unpaired) electrons. The largest absolute Gasteiger partial charge is 0.0654 e. The Morgan fingerprint density at radius 2 is 1.87 bits per heavy atom. The number of hydrogen-bond donors (Lipinski definition) is 0. The lowest BCUT2D eigenvalue weighted by molar-refractivity contribution is 0.104. The number of hydrogen-bond acceptors (Lipinski definition) is 0. The first-order chi connectivity index (χ1) is 7.08. The van der Waals surface area contributed by atoms with Crippen molar-refractivity contribution in [2.24, 2.45) is 23.7 Å². The summed E-state index contributed by atoms with van der Waals surface area (Å²) in [5, 5.41) is 0. The van der Waals surface area contributed by atoms with Crippen LogP contribution in [0.5, 0.6) is 0 Å². The fourth-order valence-corrected chi connectivity index (χ4v) is 2.70. The van der Waals surface area contributed by atoms with Gasteiger partial charge in [0.2, 0.25) is 0 Å². The van der Waals surface area contributed by atoms with E-state index in [1.807, 2.05) is 0 Å². The summed E-state index contributed by atoms with van der Waals surface area (Å²) in [7, 11) is 0.